The smallest absolute Gasteiger partial charge is 0.206 e. The topological polar surface area (TPSA) is 64.6 Å². The number of likely N-dealkylation sites (N-methyl/N-ethyl adjacent to an activating group) is 1. The lowest BCUT2D eigenvalue weighted by Gasteiger charge is -2.26. The van der Waals surface area contributed by atoms with Crippen LogP contribution in [-0.2, 0) is 9.84 Å². The first kappa shape index (κ1) is 15.8. The van der Waals surface area contributed by atoms with Gasteiger partial charge in [-0.05, 0) is 43.8 Å². The molecule has 1 aliphatic heterocycles. The van der Waals surface area contributed by atoms with E-state index in [2.05, 4.69) is 5.32 Å². The second-order valence-corrected chi connectivity index (χ2v) is 7.49. The van der Waals surface area contributed by atoms with E-state index in [1.165, 1.54) is 6.07 Å². The Morgan fingerprint density at radius 2 is 1.91 bits per heavy atom. The van der Waals surface area contributed by atoms with Crippen molar-refractivity contribution in [3.63, 3.8) is 0 Å². The molecule has 0 saturated heterocycles. The Kier molecular flexibility index (Phi) is 4.28. The molecule has 1 aliphatic rings. The van der Waals surface area contributed by atoms with Gasteiger partial charge in [0.05, 0.1) is 9.79 Å². The van der Waals surface area contributed by atoms with Crippen LogP contribution in [0.1, 0.15) is 5.56 Å². The Balaban J connectivity index is 1.97. The van der Waals surface area contributed by atoms with Crippen LogP contribution in [-0.4, -0.2) is 34.7 Å². The van der Waals surface area contributed by atoms with E-state index < -0.39 is 9.84 Å². The summed E-state index contributed by atoms with van der Waals surface area (Å²) >= 11 is 0. The fourth-order valence-electron chi connectivity index (χ4n) is 2.51. The Labute approximate surface area is 136 Å². The van der Waals surface area contributed by atoms with Crippen molar-refractivity contribution in [3.8, 4) is 11.5 Å². The average Bonchev–Trinajstić information content (AvgIpc) is 2.54. The van der Waals surface area contributed by atoms with Gasteiger partial charge in [-0.1, -0.05) is 12.1 Å². The standard InChI is InChI=1S/C17H19NO4S/c1-12-4-3-5-14(8-12)23(19,20)15-6-7-16-17(9-15)22-13(10-18-2)11-21-16/h3-9,13,18H,10-11H2,1-2H3/t13-/m1/s1. The van der Waals surface area contributed by atoms with E-state index in [1.807, 2.05) is 20.0 Å². The zero-order chi connectivity index (χ0) is 16.4. The van der Waals surface area contributed by atoms with Crippen molar-refractivity contribution in [2.24, 2.45) is 0 Å². The lowest BCUT2D eigenvalue weighted by atomic mass is 10.2. The molecule has 1 N–H and O–H groups in total. The molecule has 0 aromatic heterocycles. The maximum atomic E-state index is 12.8. The van der Waals surface area contributed by atoms with Gasteiger partial charge in [0.2, 0.25) is 9.84 Å². The van der Waals surface area contributed by atoms with Gasteiger partial charge in [-0.15, -0.1) is 0 Å². The Bertz CT molecular complexity index is 817. The lowest BCUT2D eigenvalue weighted by molar-refractivity contribution is 0.0915. The van der Waals surface area contributed by atoms with Crippen molar-refractivity contribution < 1.29 is 17.9 Å². The van der Waals surface area contributed by atoms with Crippen LogP contribution in [0.25, 0.3) is 0 Å². The number of hydrogen-bond acceptors (Lipinski definition) is 5. The molecule has 0 amide bonds. The molecule has 0 aliphatic carbocycles. The summed E-state index contributed by atoms with van der Waals surface area (Å²) in [7, 11) is -1.75. The lowest BCUT2D eigenvalue weighted by Crippen LogP contribution is -2.37. The summed E-state index contributed by atoms with van der Waals surface area (Å²) < 4.78 is 37.0. The molecule has 122 valence electrons. The molecule has 0 radical (unpaired) electrons. The van der Waals surface area contributed by atoms with E-state index in [0.29, 0.717) is 24.7 Å². The summed E-state index contributed by atoms with van der Waals surface area (Å²) in [5.74, 6) is 1.03. The van der Waals surface area contributed by atoms with E-state index in [-0.39, 0.29) is 15.9 Å². The largest absolute Gasteiger partial charge is 0.486 e. The van der Waals surface area contributed by atoms with E-state index in [0.717, 1.165) is 5.56 Å². The maximum Gasteiger partial charge on any atom is 0.206 e. The molecule has 0 spiro atoms. The number of rotatable bonds is 4. The zero-order valence-electron chi connectivity index (χ0n) is 13.1. The Hall–Kier alpha value is -2.05. The van der Waals surface area contributed by atoms with Crippen molar-refractivity contribution >= 4 is 9.84 Å². The number of sulfone groups is 1. The first-order valence-electron chi connectivity index (χ1n) is 7.40. The van der Waals surface area contributed by atoms with Gasteiger partial charge in [-0.2, -0.15) is 0 Å². The molecule has 5 nitrogen and oxygen atoms in total. The number of hydrogen-bond donors (Lipinski definition) is 1. The minimum atomic E-state index is -3.58. The van der Waals surface area contributed by atoms with Crippen LogP contribution in [0.3, 0.4) is 0 Å². The van der Waals surface area contributed by atoms with Gasteiger partial charge in [-0.3, -0.25) is 0 Å². The molecule has 0 unspecified atom stereocenters. The van der Waals surface area contributed by atoms with Crippen LogP contribution in [0.4, 0.5) is 0 Å². The quantitative estimate of drug-likeness (QED) is 0.929. The van der Waals surface area contributed by atoms with Gasteiger partial charge >= 0.3 is 0 Å². The fraction of sp³-hybridized carbons (Fsp3) is 0.294. The molecule has 0 bridgehead atoms. The van der Waals surface area contributed by atoms with Crippen molar-refractivity contribution in [3.05, 3.63) is 48.0 Å². The highest BCUT2D eigenvalue weighted by atomic mass is 32.2. The Morgan fingerprint density at radius 3 is 2.65 bits per heavy atom. The predicted octanol–water partition coefficient (Wildman–Crippen LogP) is 2.19. The summed E-state index contributed by atoms with van der Waals surface area (Å²) in [4.78, 5) is 0.483. The van der Waals surface area contributed by atoms with Crippen LogP contribution < -0.4 is 14.8 Å². The van der Waals surface area contributed by atoms with Crippen LogP contribution in [0.5, 0.6) is 11.5 Å². The number of benzene rings is 2. The van der Waals surface area contributed by atoms with Gasteiger partial charge in [0.25, 0.3) is 0 Å². The third-order valence-electron chi connectivity index (χ3n) is 3.68. The summed E-state index contributed by atoms with van der Waals surface area (Å²) in [5, 5.41) is 3.02. The summed E-state index contributed by atoms with van der Waals surface area (Å²) in [6.07, 6.45) is -0.135. The summed E-state index contributed by atoms with van der Waals surface area (Å²) in [5.41, 5.74) is 0.901. The Morgan fingerprint density at radius 1 is 1.13 bits per heavy atom. The first-order valence-corrected chi connectivity index (χ1v) is 8.89. The third-order valence-corrected chi connectivity index (χ3v) is 5.42. The van der Waals surface area contributed by atoms with Gasteiger partial charge < -0.3 is 14.8 Å². The third kappa shape index (κ3) is 3.18. The van der Waals surface area contributed by atoms with E-state index in [4.69, 9.17) is 9.47 Å². The second kappa shape index (κ2) is 6.22. The first-order chi connectivity index (χ1) is 11.0. The van der Waals surface area contributed by atoms with Crippen molar-refractivity contribution in [2.45, 2.75) is 22.8 Å². The average molecular weight is 333 g/mol. The highest BCUT2D eigenvalue weighted by Gasteiger charge is 2.24. The number of fused-ring (bicyclic) bond motifs is 1. The molecule has 2 aromatic rings. The maximum absolute atomic E-state index is 12.8. The zero-order valence-corrected chi connectivity index (χ0v) is 13.9. The number of nitrogens with one attached hydrogen (secondary N) is 1. The highest BCUT2D eigenvalue weighted by Crippen LogP contribution is 2.35. The summed E-state index contributed by atoms with van der Waals surface area (Å²) in [6, 6.07) is 11.6. The normalized spacial score (nSPS) is 17.0. The number of ether oxygens (including phenoxy) is 2. The van der Waals surface area contributed by atoms with Crippen LogP contribution in [0, 0.1) is 6.92 Å². The number of aryl methyl sites for hydroxylation is 1. The molecule has 0 saturated carbocycles. The molecule has 23 heavy (non-hydrogen) atoms. The highest BCUT2D eigenvalue weighted by molar-refractivity contribution is 7.91. The van der Waals surface area contributed by atoms with E-state index >= 15 is 0 Å². The SMILES string of the molecule is CNC[C@@H]1COc2ccc(S(=O)(=O)c3cccc(C)c3)cc2O1. The van der Waals surface area contributed by atoms with Crippen LogP contribution in [0.2, 0.25) is 0 Å². The minimum Gasteiger partial charge on any atom is -0.486 e. The second-order valence-electron chi connectivity index (χ2n) is 5.54. The van der Waals surface area contributed by atoms with E-state index in [9.17, 15) is 8.42 Å². The predicted molar refractivity (Wildman–Crippen MR) is 86.9 cm³/mol. The monoisotopic (exact) mass is 333 g/mol. The van der Waals surface area contributed by atoms with Crippen molar-refractivity contribution in [2.75, 3.05) is 20.2 Å². The molecule has 6 heteroatoms. The fourth-order valence-corrected chi connectivity index (χ4v) is 3.89. The molecule has 1 atom stereocenters. The molecule has 1 heterocycles. The minimum absolute atomic E-state index is 0.135. The van der Waals surface area contributed by atoms with Crippen LogP contribution in [0.15, 0.2) is 52.3 Å². The van der Waals surface area contributed by atoms with E-state index in [1.54, 1.807) is 30.3 Å². The molecule has 0 fully saturated rings. The van der Waals surface area contributed by atoms with Gasteiger partial charge in [0.1, 0.15) is 12.7 Å². The van der Waals surface area contributed by atoms with Gasteiger partial charge in [0, 0.05) is 12.6 Å². The van der Waals surface area contributed by atoms with Crippen molar-refractivity contribution in [1.29, 1.82) is 0 Å². The van der Waals surface area contributed by atoms with Crippen molar-refractivity contribution in [1.82, 2.24) is 5.32 Å². The molecule has 3 rings (SSSR count). The summed E-state index contributed by atoms with van der Waals surface area (Å²) in [6.45, 7) is 2.94. The van der Waals surface area contributed by atoms with Crippen LogP contribution >= 0.6 is 0 Å². The van der Waals surface area contributed by atoms with Gasteiger partial charge in [-0.25, -0.2) is 8.42 Å². The van der Waals surface area contributed by atoms with Gasteiger partial charge in [0.15, 0.2) is 11.5 Å². The molecular weight excluding hydrogens is 314 g/mol. The molecular formula is C17H19NO4S. The molecule has 2 aromatic carbocycles.